The third kappa shape index (κ3) is 8.59. The zero-order valence-corrected chi connectivity index (χ0v) is 37.9. The molecule has 2 aromatic heterocycles. The largest absolute Gasteiger partial charge is 0.310 e. The fourth-order valence-corrected chi connectivity index (χ4v) is 9.36. The van der Waals surface area contributed by atoms with Crippen LogP contribution in [0.1, 0.15) is 41.5 Å². The van der Waals surface area contributed by atoms with Crippen molar-refractivity contribution in [2.24, 2.45) is 0 Å². The first-order valence-corrected chi connectivity index (χ1v) is 23.2. The quantitative estimate of drug-likeness (QED) is 0.122. The Morgan fingerprint density at radius 3 is 1.72 bits per heavy atom. The highest BCUT2D eigenvalue weighted by molar-refractivity contribution is 5.92. The number of para-hydroxylation sites is 1. The molecule has 0 amide bonds. The second kappa shape index (κ2) is 18.6. The molecule has 1 aliphatic rings. The van der Waals surface area contributed by atoms with Gasteiger partial charge in [0.25, 0.3) is 0 Å². The number of rotatable bonds is 11. The number of allylic oxidation sites excluding steroid dienone is 5. The van der Waals surface area contributed by atoms with Gasteiger partial charge in [-0.1, -0.05) is 207 Å². The van der Waals surface area contributed by atoms with Crippen LogP contribution in [0.2, 0.25) is 0 Å². The Morgan fingerprint density at radius 1 is 0.500 bits per heavy atom. The molecule has 68 heavy (non-hydrogen) atoms. The number of aromatic nitrogens is 4. The topological polar surface area (TPSA) is 43.6 Å². The van der Waals surface area contributed by atoms with Crippen LogP contribution < -0.4 is 10.6 Å². The van der Waals surface area contributed by atoms with Crippen LogP contribution in [0, 0.1) is 0 Å². The lowest BCUT2D eigenvalue weighted by Gasteiger charge is -2.16. The maximum atomic E-state index is 5.22. The van der Waals surface area contributed by atoms with Crippen LogP contribution in [0.15, 0.2) is 237 Å². The minimum absolute atomic E-state index is 0.149. The summed E-state index contributed by atoms with van der Waals surface area (Å²) in [6.45, 7) is 6.74. The summed E-state index contributed by atoms with van der Waals surface area (Å²) >= 11 is 0. The first-order chi connectivity index (χ1) is 33.5. The van der Waals surface area contributed by atoms with Crippen molar-refractivity contribution in [3.05, 3.63) is 270 Å². The fraction of sp³-hybridized carbons (Fsp3) is 0.0469. The smallest absolute Gasteiger partial charge is 0.164 e. The van der Waals surface area contributed by atoms with E-state index in [9.17, 15) is 0 Å². The van der Waals surface area contributed by atoms with Crippen molar-refractivity contribution in [2.75, 3.05) is 0 Å². The summed E-state index contributed by atoms with van der Waals surface area (Å²) in [5.41, 5.74) is 15.2. The van der Waals surface area contributed by atoms with Crippen molar-refractivity contribution in [3.8, 4) is 51.0 Å². The van der Waals surface area contributed by atoms with Crippen molar-refractivity contribution >= 4 is 39.8 Å². The van der Waals surface area contributed by atoms with Crippen LogP contribution >= 0.6 is 0 Å². The average Bonchev–Trinajstić information content (AvgIpc) is 3.75. The SMILES string of the molecule is C=C(/C=C(\C=C(/C)c1ccccc1)c1ccccc1)c1cccc(-c2nc(-c3ccccc3)nc(-c3cccc(C4C=c5c(n(-c6ccccc6)c6ccc(-c7ccccc7)cc56)=CC4)c3)n2)c1. The van der Waals surface area contributed by atoms with Gasteiger partial charge < -0.3 is 4.57 Å². The minimum Gasteiger partial charge on any atom is -0.310 e. The van der Waals surface area contributed by atoms with E-state index in [-0.39, 0.29) is 5.92 Å². The van der Waals surface area contributed by atoms with E-state index < -0.39 is 0 Å². The molecule has 4 heteroatoms. The molecule has 0 N–H and O–H groups in total. The van der Waals surface area contributed by atoms with Crippen LogP contribution in [0.4, 0.5) is 0 Å². The van der Waals surface area contributed by atoms with E-state index in [2.05, 4.69) is 230 Å². The van der Waals surface area contributed by atoms with Crippen LogP contribution in [0.3, 0.4) is 0 Å². The number of benzene rings is 8. The van der Waals surface area contributed by atoms with Gasteiger partial charge in [0.2, 0.25) is 0 Å². The summed E-state index contributed by atoms with van der Waals surface area (Å²) < 4.78 is 2.41. The zero-order valence-electron chi connectivity index (χ0n) is 37.9. The first-order valence-electron chi connectivity index (χ1n) is 23.2. The van der Waals surface area contributed by atoms with Crippen molar-refractivity contribution in [3.63, 3.8) is 0 Å². The molecule has 0 saturated heterocycles. The van der Waals surface area contributed by atoms with Crippen LogP contribution in [-0.4, -0.2) is 19.5 Å². The number of fused-ring (bicyclic) bond motifs is 3. The maximum Gasteiger partial charge on any atom is 0.164 e. The Hall–Kier alpha value is -8.73. The van der Waals surface area contributed by atoms with Gasteiger partial charge in [-0.15, -0.1) is 0 Å². The number of nitrogens with zero attached hydrogens (tertiary/aromatic N) is 4. The molecule has 1 aliphatic carbocycles. The van der Waals surface area contributed by atoms with Crippen molar-refractivity contribution in [1.82, 2.24) is 19.5 Å². The molecule has 10 aromatic rings. The van der Waals surface area contributed by atoms with E-state index in [0.29, 0.717) is 17.5 Å². The van der Waals surface area contributed by atoms with Crippen molar-refractivity contribution in [2.45, 2.75) is 19.3 Å². The predicted octanol–water partition coefficient (Wildman–Crippen LogP) is 14.4. The van der Waals surface area contributed by atoms with E-state index in [1.165, 1.54) is 49.3 Å². The normalized spacial score (nSPS) is 13.6. The first kappa shape index (κ1) is 41.9. The van der Waals surface area contributed by atoms with Gasteiger partial charge in [-0.05, 0) is 106 Å². The molecule has 1 atom stereocenters. The number of hydrogen-bond donors (Lipinski definition) is 0. The Bertz CT molecular complexity index is 3650. The third-order valence-corrected chi connectivity index (χ3v) is 12.9. The fourth-order valence-electron chi connectivity index (χ4n) is 9.36. The number of hydrogen-bond acceptors (Lipinski definition) is 3. The zero-order chi connectivity index (χ0) is 45.8. The second-order valence-corrected chi connectivity index (χ2v) is 17.3. The molecule has 0 fully saturated rings. The standard InChI is InChI=1S/C64H48N4/c1-44(46-20-8-3-9-21-46)38-56(48-24-12-5-13-25-48)39-45(2)50-28-18-30-54(40-50)63-65-62(49-26-14-6-15-27-49)66-64(67-63)55-31-19-29-51(41-55)53-35-37-61-59(43-53)58-42-52(47-22-10-4-11-23-47)34-36-60(58)68(61)57-32-16-7-17-33-57/h3-34,36-43,53H,2,35H2,1H3/b44-38+,56-39+. The summed E-state index contributed by atoms with van der Waals surface area (Å²) in [7, 11) is 0. The Labute approximate surface area is 397 Å². The molecular weight excluding hydrogens is 825 g/mol. The lowest BCUT2D eigenvalue weighted by molar-refractivity contribution is 0.907. The highest BCUT2D eigenvalue weighted by Crippen LogP contribution is 2.33. The minimum atomic E-state index is 0.149. The van der Waals surface area contributed by atoms with E-state index in [1.807, 2.05) is 30.3 Å². The molecule has 11 rings (SSSR count). The Balaban J connectivity index is 0.977. The predicted molar refractivity (Wildman–Crippen MR) is 284 cm³/mol. The maximum absolute atomic E-state index is 5.22. The third-order valence-electron chi connectivity index (χ3n) is 12.9. The van der Waals surface area contributed by atoms with Crippen molar-refractivity contribution in [1.29, 1.82) is 0 Å². The molecular formula is C64H48N4. The molecule has 0 aliphatic heterocycles. The van der Waals surface area contributed by atoms with Gasteiger partial charge in [-0.25, -0.2) is 15.0 Å². The van der Waals surface area contributed by atoms with Gasteiger partial charge in [0.05, 0.1) is 5.52 Å². The highest BCUT2D eigenvalue weighted by atomic mass is 15.0. The van der Waals surface area contributed by atoms with E-state index in [0.717, 1.165) is 51.1 Å². The van der Waals surface area contributed by atoms with Gasteiger partial charge in [-0.2, -0.15) is 0 Å². The van der Waals surface area contributed by atoms with Crippen LogP contribution in [0.25, 0.3) is 90.8 Å². The molecule has 0 bridgehead atoms. The summed E-state index contributed by atoms with van der Waals surface area (Å²) in [5.74, 6) is 2.00. The lowest BCUT2D eigenvalue weighted by Crippen LogP contribution is -2.31. The lowest BCUT2D eigenvalue weighted by atomic mass is 9.90. The van der Waals surface area contributed by atoms with Gasteiger partial charge in [0.1, 0.15) is 0 Å². The van der Waals surface area contributed by atoms with Gasteiger partial charge >= 0.3 is 0 Å². The summed E-state index contributed by atoms with van der Waals surface area (Å²) in [4.78, 5) is 15.5. The van der Waals surface area contributed by atoms with Crippen LogP contribution in [0.5, 0.6) is 0 Å². The van der Waals surface area contributed by atoms with Crippen LogP contribution in [-0.2, 0) is 0 Å². The molecule has 0 saturated carbocycles. The Kier molecular flexibility index (Phi) is 11.5. The van der Waals surface area contributed by atoms with Gasteiger partial charge in [-0.3, -0.25) is 0 Å². The summed E-state index contributed by atoms with van der Waals surface area (Å²) in [6.07, 6.45) is 10.2. The molecule has 0 spiro atoms. The average molecular weight is 873 g/mol. The second-order valence-electron chi connectivity index (χ2n) is 17.3. The van der Waals surface area contributed by atoms with E-state index >= 15 is 0 Å². The van der Waals surface area contributed by atoms with E-state index in [1.54, 1.807) is 0 Å². The molecule has 1 unspecified atom stereocenters. The molecule has 8 aromatic carbocycles. The molecule has 324 valence electrons. The monoisotopic (exact) mass is 872 g/mol. The molecule has 2 heterocycles. The Morgan fingerprint density at radius 2 is 1.04 bits per heavy atom. The van der Waals surface area contributed by atoms with Gasteiger partial charge in [0, 0.05) is 44.2 Å². The molecule has 0 radical (unpaired) electrons. The highest BCUT2D eigenvalue weighted by Gasteiger charge is 2.20. The van der Waals surface area contributed by atoms with Gasteiger partial charge in [0.15, 0.2) is 17.5 Å². The summed E-state index contributed by atoms with van der Waals surface area (Å²) in [6, 6.07) is 76.5. The summed E-state index contributed by atoms with van der Waals surface area (Å²) in [5, 5.41) is 3.73. The molecule has 4 nitrogen and oxygen atoms in total. The van der Waals surface area contributed by atoms with Crippen molar-refractivity contribution < 1.29 is 0 Å². The van der Waals surface area contributed by atoms with E-state index in [4.69, 9.17) is 15.0 Å².